The van der Waals surface area contributed by atoms with Crippen molar-refractivity contribution in [2.24, 2.45) is 16.7 Å². The number of ether oxygens (including phenoxy) is 2. The third-order valence-electron chi connectivity index (χ3n) is 6.08. The highest BCUT2D eigenvalue weighted by molar-refractivity contribution is 5.89. The Morgan fingerprint density at radius 3 is 2.46 bits per heavy atom. The Kier molecular flexibility index (Phi) is 3.51. The van der Waals surface area contributed by atoms with Gasteiger partial charge in [-0.05, 0) is 30.5 Å². The van der Waals surface area contributed by atoms with Crippen molar-refractivity contribution in [1.29, 1.82) is 21.2 Å². The van der Waals surface area contributed by atoms with Gasteiger partial charge in [0.2, 0.25) is 17.1 Å². The number of aromatic nitrogens is 1. The van der Waals surface area contributed by atoms with Crippen LogP contribution in [0, 0.1) is 56.2 Å². The van der Waals surface area contributed by atoms with Crippen LogP contribution in [0.15, 0.2) is 24.5 Å². The monoisotopic (exact) mass is 347 g/mol. The molecule has 3 aliphatic rings. The van der Waals surface area contributed by atoms with Gasteiger partial charge in [0.1, 0.15) is 6.10 Å². The molecule has 0 spiro atoms. The Bertz CT molecular complexity index is 866. The van der Waals surface area contributed by atoms with Crippen LogP contribution in [-0.2, 0) is 9.47 Å². The van der Waals surface area contributed by atoms with Crippen molar-refractivity contribution in [1.82, 2.24) is 4.98 Å². The number of nitrogens with one attached hydrogen (secondary N) is 1. The molecule has 1 aromatic rings. The maximum atomic E-state index is 10.2. The number of hydrogen-bond acceptors (Lipinski definition) is 7. The van der Waals surface area contributed by atoms with Gasteiger partial charge in [0, 0.05) is 18.8 Å². The van der Waals surface area contributed by atoms with E-state index in [1.807, 2.05) is 0 Å². The number of nitrogens with zero attached hydrogens (tertiary/aromatic N) is 4. The van der Waals surface area contributed by atoms with Crippen molar-refractivity contribution in [2.75, 3.05) is 0 Å². The Hall–Kier alpha value is -2.95. The lowest BCUT2D eigenvalue weighted by molar-refractivity contribution is -0.284. The van der Waals surface area contributed by atoms with Crippen LogP contribution < -0.4 is 0 Å². The molecule has 2 bridgehead atoms. The van der Waals surface area contributed by atoms with Gasteiger partial charge in [0.05, 0.1) is 24.1 Å². The van der Waals surface area contributed by atoms with E-state index in [-0.39, 0.29) is 5.90 Å². The molecule has 1 N–H and O–H groups in total. The molecular formula is C19H17N5O2. The molecule has 4 rings (SSSR count). The van der Waals surface area contributed by atoms with Crippen LogP contribution in [0.2, 0.25) is 0 Å². The fourth-order valence-corrected chi connectivity index (χ4v) is 4.88. The van der Waals surface area contributed by atoms with E-state index in [4.69, 9.17) is 14.9 Å². The highest BCUT2D eigenvalue weighted by Crippen LogP contribution is 2.68. The Labute approximate surface area is 151 Å². The zero-order valence-corrected chi connectivity index (χ0v) is 14.1. The topological polar surface area (TPSA) is 127 Å². The van der Waals surface area contributed by atoms with E-state index >= 15 is 0 Å². The summed E-state index contributed by atoms with van der Waals surface area (Å²) in [5.41, 5.74) is -2.93. The quantitative estimate of drug-likeness (QED) is 0.832. The van der Waals surface area contributed by atoms with Gasteiger partial charge < -0.3 is 9.47 Å². The first kappa shape index (κ1) is 16.5. The van der Waals surface area contributed by atoms with Crippen LogP contribution in [0.25, 0.3) is 0 Å². The van der Waals surface area contributed by atoms with Gasteiger partial charge in [-0.2, -0.15) is 15.8 Å². The van der Waals surface area contributed by atoms with Gasteiger partial charge in [-0.3, -0.25) is 10.4 Å². The third kappa shape index (κ3) is 1.72. The average Bonchev–Trinajstić information content (AvgIpc) is 2.81. The van der Waals surface area contributed by atoms with Crippen LogP contribution in [0.3, 0.4) is 0 Å². The van der Waals surface area contributed by atoms with Crippen molar-refractivity contribution in [3.05, 3.63) is 30.1 Å². The van der Waals surface area contributed by atoms with Gasteiger partial charge in [0.25, 0.3) is 0 Å². The third-order valence-corrected chi connectivity index (χ3v) is 6.08. The highest BCUT2D eigenvalue weighted by atomic mass is 16.7. The second kappa shape index (κ2) is 5.53. The first-order valence-corrected chi connectivity index (χ1v) is 8.70. The Morgan fingerprint density at radius 1 is 1.08 bits per heavy atom. The van der Waals surface area contributed by atoms with Crippen molar-refractivity contribution in [3.63, 3.8) is 0 Å². The minimum absolute atomic E-state index is 0.313. The van der Waals surface area contributed by atoms with E-state index in [0.717, 1.165) is 19.3 Å². The van der Waals surface area contributed by atoms with E-state index in [0.29, 0.717) is 18.4 Å². The lowest BCUT2D eigenvalue weighted by Gasteiger charge is -2.49. The minimum Gasteiger partial charge on any atom is -0.447 e. The maximum absolute atomic E-state index is 10.2. The van der Waals surface area contributed by atoms with Gasteiger partial charge in [-0.1, -0.05) is 12.8 Å². The standard InChI is InChI=1S/C19H17N5O2/c20-10-17(11-21)15(13-5-8-24-9-6-13)25-19-7-3-1-2-4-14(19)18(17,12-22)16(23)26-19/h5-6,8-9,14-15,23H,1-4,7H2/t14-,15-,18-,19+/m1/s1. The molecule has 130 valence electrons. The lowest BCUT2D eigenvalue weighted by Crippen LogP contribution is -2.59. The summed E-state index contributed by atoms with van der Waals surface area (Å²) in [6.07, 6.45) is 5.92. The summed E-state index contributed by atoms with van der Waals surface area (Å²) in [5, 5.41) is 38.8. The molecule has 1 aliphatic carbocycles. The molecule has 3 fully saturated rings. The largest absolute Gasteiger partial charge is 0.447 e. The summed E-state index contributed by atoms with van der Waals surface area (Å²) in [6.45, 7) is 0. The molecule has 7 heteroatoms. The average molecular weight is 347 g/mol. The first-order chi connectivity index (χ1) is 12.6. The van der Waals surface area contributed by atoms with Crippen molar-refractivity contribution >= 4 is 5.90 Å². The van der Waals surface area contributed by atoms with Crippen molar-refractivity contribution in [3.8, 4) is 18.2 Å². The first-order valence-electron chi connectivity index (χ1n) is 8.70. The van der Waals surface area contributed by atoms with Crippen LogP contribution in [0.4, 0.5) is 0 Å². The molecule has 0 amide bonds. The van der Waals surface area contributed by atoms with Crippen molar-refractivity contribution in [2.45, 2.75) is 44.0 Å². The zero-order valence-electron chi connectivity index (χ0n) is 14.1. The number of pyridine rings is 1. The fraction of sp³-hybridized carbons (Fsp3) is 0.526. The molecule has 2 aliphatic heterocycles. The molecule has 3 heterocycles. The van der Waals surface area contributed by atoms with Crippen LogP contribution in [-0.4, -0.2) is 16.7 Å². The molecule has 7 nitrogen and oxygen atoms in total. The molecule has 0 radical (unpaired) electrons. The molecule has 4 atom stereocenters. The van der Waals surface area contributed by atoms with Crippen LogP contribution >= 0.6 is 0 Å². The molecule has 26 heavy (non-hydrogen) atoms. The minimum atomic E-state index is -1.87. The summed E-state index contributed by atoms with van der Waals surface area (Å²) in [7, 11) is 0. The van der Waals surface area contributed by atoms with E-state index < -0.39 is 28.6 Å². The van der Waals surface area contributed by atoms with Gasteiger partial charge in [-0.25, -0.2) is 0 Å². The Morgan fingerprint density at radius 2 is 1.81 bits per heavy atom. The van der Waals surface area contributed by atoms with E-state index in [1.54, 1.807) is 24.5 Å². The predicted octanol–water partition coefficient (Wildman–Crippen LogP) is 2.98. The second-order valence-corrected chi connectivity index (χ2v) is 7.12. The van der Waals surface area contributed by atoms with Crippen molar-refractivity contribution < 1.29 is 9.47 Å². The molecule has 2 saturated heterocycles. The number of rotatable bonds is 1. The lowest BCUT2D eigenvalue weighted by atomic mass is 9.52. The summed E-state index contributed by atoms with van der Waals surface area (Å²) < 4.78 is 12.2. The number of nitriles is 3. The zero-order chi connectivity index (χ0) is 18.4. The van der Waals surface area contributed by atoms with E-state index in [2.05, 4.69) is 23.2 Å². The van der Waals surface area contributed by atoms with Crippen LogP contribution in [0.5, 0.6) is 0 Å². The molecule has 1 saturated carbocycles. The summed E-state index contributed by atoms with van der Waals surface area (Å²) in [4.78, 5) is 3.98. The summed E-state index contributed by atoms with van der Waals surface area (Å²) in [5.74, 6) is -1.95. The van der Waals surface area contributed by atoms with Gasteiger partial charge in [0.15, 0.2) is 5.41 Å². The summed E-state index contributed by atoms with van der Waals surface area (Å²) in [6, 6.07) is 9.67. The van der Waals surface area contributed by atoms with E-state index in [1.165, 1.54) is 0 Å². The molecular weight excluding hydrogens is 330 g/mol. The van der Waals surface area contributed by atoms with Gasteiger partial charge in [-0.15, -0.1) is 0 Å². The van der Waals surface area contributed by atoms with Crippen LogP contribution in [0.1, 0.15) is 43.8 Å². The maximum Gasteiger partial charge on any atom is 0.217 e. The molecule has 0 unspecified atom stereocenters. The van der Waals surface area contributed by atoms with E-state index in [9.17, 15) is 15.8 Å². The normalized spacial score (nSPS) is 37.2. The smallest absolute Gasteiger partial charge is 0.217 e. The second-order valence-electron chi connectivity index (χ2n) is 7.12. The molecule has 1 aromatic heterocycles. The molecule has 0 aromatic carbocycles. The van der Waals surface area contributed by atoms with Gasteiger partial charge >= 0.3 is 0 Å². The Balaban J connectivity index is 2.01. The summed E-state index contributed by atoms with van der Waals surface area (Å²) >= 11 is 0. The predicted molar refractivity (Wildman–Crippen MR) is 87.9 cm³/mol. The highest BCUT2D eigenvalue weighted by Gasteiger charge is 2.80. The SMILES string of the molecule is N#CC1(C#N)[C@@H](c2ccncc2)O[C@]23CCCCC[C@@H]2[C@]1(C#N)C(=N)O3. The fourth-order valence-electron chi connectivity index (χ4n) is 4.88. The number of hydrogen-bond donors (Lipinski definition) is 1.